The van der Waals surface area contributed by atoms with Gasteiger partial charge < -0.3 is 16.0 Å². The lowest BCUT2D eigenvalue weighted by molar-refractivity contribution is -0.121. The van der Waals surface area contributed by atoms with Crippen molar-refractivity contribution in [2.75, 3.05) is 0 Å². The molecule has 1 atom stereocenters. The van der Waals surface area contributed by atoms with E-state index in [1.807, 2.05) is 36.4 Å². The molecule has 0 radical (unpaired) electrons. The van der Waals surface area contributed by atoms with E-state index in [0.29, 0.717) is 6.54 Å². The first-order valence-electron chi connectivity index (χ1n) is 8.19. The predicted octanol–water partition coefficient (Wildman–Crippen LogP) is 3.49. The number of amides is 1. The molecule has 4 heteroatoms. The van der Waals surface area contributed by atoms with E-state index < -0.39 is 0 Å². The van der Waals surface area contributed by atoms with Gasteiger partial charge in [0.2, 0.25) is 5.91 Å². The lowest BCUT2D eigenvalue weighted by Gasteiger charge is -2.12. The van der Waals surface area contributed by atoms with Crippen LogP contribution >= 0.6 is 0 Å². The number of benzene rings is 2. The summed E-state index contributed by atoms with van der Waals surface area (Å²) < 4.78 is 0. The number of hydrogen-bond donors (Lipinski definition) is 3. The van der Waals surface area contributed by atoms with Gasteiger partial charge in [0.25, 0.3) is 0 Å². The molecule has 1 unspecified atom stereocenters. The highest BCUT2D eigenvalue weighted by Gasteiger charge is 2.11. The summed E-state index contributed by atoms with van der Waals surface area (Å²) in [4.78, 5) is 15.5. The second-order valence-electron chi connectivity index (χ2n) is 6.25. The highest BCUT2D eigenvalue weighted by Crippen LogP contribution is 2.22. The maximum Gasteiger partial charge on any atom is 0.222 e. The van der Waals surface area contributed by atoms with Crippen molar-refractivity contribution in [2.24, 2.45) is 5.73 Å². The third kappa shape index (κ3) is 3.49. The summed E-state index contributed by atoms with van der Waals surface area (Å²) in [5.41, 5.74) is 11.7. The summed E-state index contributed by atoms with van der Waals surface area (Å²) in [6, 6.07) is 15.7. The van der Waals surface area contributed by atoms with Crippen LogP contribution < -0.4 is 11.1 Å². The number of aromatic amines is 1. The zero-order valence-corrected chi connectivity index (χ0v) is 14.1. The zero-order chi connectivity index (χ0) is 17.1. The predicted molar refractivity (Wildman–Crippen MR) is 97.6 cm³/mol. The number of nitrogens with one attached hydrogen (secondary N) is 2. The lowest BCUT2D eigenvalue weighted by Crippen LogP contribution is -2.27. The van der Waals surface area contributed by atoms with Gasteiger partial charge in [-0.2, -0.15) is 0 Å². The molecule has 0 spiro atoms. The molecular formula is C20H23N3O. The first kappa shape index (κ1) is 16.3. The minimum absolute atomic E-state index is 0.0339. The monoisotopic (exact) mass is 321 g/mol. The third-order valence-electron chi connectivity index (χ3n) is 4.50. The van der Waals surface area contributed by atoms with Crippen LogP contribution in [0, 0.1) is 13.8 Å². The zero-order valence-electron chi connectivity index (χ0n) is 14.1. The molecule has 0 aliphatic heterocycles. The summed E-state index contributed by atoms with van der Waals surface area (Å²) in [5.74, 6) is -0.0339. The highest BCUT2D eigenvalue weighted by molar-refractivity contribution is 5.85. The molecule has 24 heavy (non-hydrogen) atoms. The van der Waals surface area contributed by atoms with Gasteiger partial charge in [0.1, 0.15) is 0 Å². The Balaban J connectivity index is 1.61. The lowest BCUT2D eigenvalue weighted by atomic mass is 10.0. The van der Waals surface area contributed by atoms with Crippen LogP contribution in [-0.2, 0) is 11.3 Å². The number of carbonyl (C=O) groups excluding carboxylic acids is 1. The summed E-state index contributed by atoms with van der Waals surface area (Å²) in [7, 11) is 0. The number of rotatable bonds is 5. The number of carbonyl (C=O) groups is 1. The molecule has 1 heterocycles. The molecule has 0 saturated heterocycles. The average molecular weight is 321 g/mol. The van der Waals surface area contributed by atoms with Crippen molar-refractivity contribution in [1.82, 2.24) is 10.3 Å². The van der Waals surface area contributed by atoms with Gasteiger partial charge in [-0.25, -0.2) is 0 Å². The molecule has 1 amide bonds. The maximum absolute atomic E-state index is 12.1. The molecule has 0 aliphatic carbocycles. The van der Waals surface area contributed by atoms with Crippen LogP contribution in [0.25, 0.3) is 10.9 Å². The second kappa shape index (κ2) is 6.89. The topological polar surface area (TPSA) is 70.9 Å². The van der Waals surface area contributed by atoms with Gasteiger partial charge in [-0.3, -0.25) is 4.79 Å². The molecule has 3 aromatic rings. The van der Waals surface area contributed by atoms with Gasteiger partial charge in [0.15, 0.2) is 0 Å². The molecule has 124 valence electrons. The van der Waals surface area contributed by atoms with Gasteiger partial charge in [-0.15, -0.1) is 0 Å². The van der Waals surface area contributed by atoms with Crippen LogP contribution in [0.3, 0.4) is 0 Å². The Bertz CT molecular complexity index is 852. The number of aromatic nitrogens is 1. The third-order valence-corrected chi connectivity index (χ3v) is 4.50. The van der Waals surface area contributed by atoms with E-state index in [0.717, 1.165) is 16.6 Å². The molecular weight excluding hydrogens is 298 g/mol. The van der Waals surface area contributed by atoms with Gasteiger partial charge in [0, 0.05) is 35.6 Å². The van der Waals surface area contributed by atoms with E-state index in [9.17, 15) is 4.79 Å². The summed E-state index contributed by atoms with van der Waals surface area (Å²) in [5, 5.41) is 4.17. The van der Waals surface area contributed by atoms with Crippen molar-refractivity contribution in [2.45, 2.75) is 32.9 Å². The van der Waals surface area contributed by atoms with Crippen LogP contribution in [0.1, 0.15) is 34.8 Å². The molecule has 0 bridgehead atoms. The Morgan fingerprint density at radius 3 is 2.67 bits per heavy atom. The molecule has 0 fully saturated rings. The van der Waals surface area contributed by atoms with Crippen molar-refractivity contribution < 1.29 is 4.79 Å². The van der Waals surface area contributed by atoms with Gasteiger partial charge in [-0.1, -0.05) is 36.4 Å². The molecule has 1 aromatic heterocycles. The minimum atomic E-state index is -0.275. The summed E-state index contributed by atoms with van der Waals surface area (Å²) >= 11 is 0. The van der Waals surface area contributed by atoms with Gasteiger partial charge in [0.05, 0.1) is 0 Å². The van der Waals surface area contributed by atoms with E-state index in [4.69, 9.17) is 5.73 Å². The summed E-state index contributed by atoms with van der Waals surface area (Å²) in [6.07, 6.45) is 0.286. The first-order chi connectivity index (χ1) is 11.5. The number of H-pyrrole nitrogens is 1. The Kier molecular flexibility index (Phi) is 4.67. The molecule has 0 saturated carbocycles. The Morgan fingerprint density at radius 2 is 1.92 bits per heavy atom. The highest BCUT2D eigenvalue weighted by atomic mass is 16.1. The quantitative estimate of drug-likeness (QED) is 0.673. The van der Waals surface area contributed by atoms with Crippen LogP contribution in [0.15, 0.2) is 48.5 Å². The van der Waals surface area contributed by atoms with Crippen molar-refractivity contribution >= 4 is 16.8 Å². The van der Waals surface area contributed by atoms with Crippen LogP contribution in [-0.4, -0.2) is 10.9 Å². The SMILES string of the molecule is Cc1[nH]c2ccc(CNC(=O)CC(N)c3ccccc3)cc2c1C. The standard InChI is InChI=1S/C20H23N3O/c1-13-14(2)23-19-9-8-15(10-17(13)19)12-22-20(24)11-18(21)16-6-4-3-5-7-16/h3-10,18,23H,11-12,21H2,1-2H3,(H,22,24). The van der Waals surface area contributed by atoms with E-state index in [1.165, 1.54) is 16.6 Å². The first-order valence-corrected chi connectivity index (χ1v) is 8.19. The molecule has 3 rings (SSSR count). The van der Waals surface area contributed by atoms with Crippen molar-refractivity contribution in [1.29, 1.82) is 0 Å². The minimum Gasteiger partial charge on any atom is -0.358 e. The number of nitrogens with two attached hydrogens (primary N) is 1. The maximum atomic E-state index is 12.1. The van der Waals surface area contributed by atoms with E-state index >= 15 is 0 Å². The van der Waals surface area contributed by atoms with Crippen molar-refractivity contribution in [3.63, 3.8) is 0 Å². The van der Waals surface area contributed by atoms with E-state index in [-0.39, 0.29) is 18.4 Å². The number of hydrogen-bond acceptors (Lipinski definition) is 2. The largest absolute Gasteiger partial charge is 0.358 e. The Morgan fingerprint density at radius 1 is 1.17 bits per heavy atom. The smallest absolute Gasteiger partial charge is 0.222 e. The molecule has 0 aliphatic rings. The van der Waals surface area contributed by atoms with Crippen molar-refractivity contribution in [3.8, 4) is 0 Å². The number of fused-ring (bicyclic) bond motifs is 1. The number of aryl methyl sites for hydroxylation is 2. The van der Waals surface area contributed by atoms with Crippen LogP contribution in [0.5, 0.6) is 0 Å². The second-order valence-corrected chi connectivity index (χ2v) is 6.25. The normalized spacial score (nSPS) is 12.3. The van der Waals surface area contributed by atoms with E-state index in [2.05, 4.69) is 36.3 Å². The molecule has 4 nitrogen and oxygen atoms in total. The van der Waals surface area contributed by atoms with Gasteiger partial charge >= 0.3 is 0 Å². The molecule has 2 aromatic carbocycles. The molecule has 4 N–H and O–H groups in total. The van der Waals surface area contributed by atoms with E-state index in [1.54, 1.807) is 0 Å². The summed E-state index contributed by atoms with van der Waals surface area (Å²) in [6.45, 7) is 4.69. The van der Waals surface area contributed by atoms with Crippen molar-refractivity contribution in [3.05, 3.63) is 70.9 Å². The van der Waals surface area contributed by atoms with Crippen LogP contribution in [0.4, 0.5) is 0 Å². The fraction of sp³-hybridized carbons (Fsp3) is 0.250. The Hall–Kier alpha value is -2.59. The average Bonchev–Trinajstić information content (AvgIpc) is 2.88. The van der Waals surface area contributed by atoms with Gasteiger partial charge in [-0.05, 0) is 42.7 Å². The van der Waals surface area contributed by atoms with Crippen LogP contribution in [0.2, 0.25) is 0 Å². The fourth-order valence-corrected chi connectivity index (χ4v) is 2.91. The Labute approximate surface area is 142 Å². The fourth-order valence-electron chi connectivity index (χ4n) is 2.91.